The molecule has 1 unspecified atom stereocenters. The monoisotopic (exact) mass is 354 g/mol. The minimum absolute atomic E-state index is 0.0721. The Morgan fingerprint density at radius 1 is 1.38 bits per heavy atom. The van der Waals surface area contributed by atoms with Crippen LogP contribution >= 0.6 is 0 Å². The SMILES string of the molecule is CCCC(C)NC(=O)NS(=O)(=O)c1ccc2c(c1)CCC(C)(C)O2. The van der Waals surface area contributed by atoms with E-state index in [0.717, 1.165) is 31.2 Å². The van der Waals surface area contributed by atoms with Crippen LogP contribution in [0.25, 0.3) is 0 Å². The zero-order valence-electron chi connectivity index (χ0n) is 14.7. The van der Waals surface area contributed by atoms with Gasteiger partial charge in [-0.2, -0.15) is 0 Å². The molecule has 24 heavy (non-hydrogen) atoms. The molecule has 1 heterocycles. The van der Waals surface area contributed by atoms with E-state index in [0.29, 0.717) is 5.75 Å². The Kier molecular flexibility index (Phi) is 5.42. The molecule has 0 radical (unpaired) electrons. The van der Waals surface area contributed by atoms with Crippen LogP contribution in [0.1, 0.15) is 52.5 Å². The van der Waals surface area contributed by atoms with Gasteiger partial charge in [0.25, 0.3) is 10.0 Å². The fourth-order valence-corrected chi connectivity index (χ4v) is 3.71. The van der Waals surface area contributed by atoms with Crippen LogP contribution in [0, 0.1) is 0 Å². The van der Waals surface area contributed by atoms with Gasteiger partial charge < -0.3 is 10.1 Å². The molecule has 1 aliphatic heterocycles. The summed E-state index contributed by atoms with van der Waals surface area (Å²) in [7, 11) is -3.90. The summed E-state index contributed by atoms with van der Waals surface area (Å²) in [6, 6.07) is 3.92. The molecule has 0 aromatic heterocycles. The summed E-state index contributed by atoms with van der Waals surface area (Å²) in [6.45, 7) is 7.85. The minimum atomic E-state index is -3.90. The van der Waals surface area contributed by atoms with Gasteiger partial charge in [-0.3, -0.25) is 0 Å². The molecule has 0 spiro atoms. The van der Waals surface area contributed by atoms with Crippen LogP contribution in [0.2, 0.25) is 0 Å². The van der Waals surface area contributed by atoms with Crippen molar-refractivity contribution in [2.75, 3.05) is 0 Å². The Balaban J connectivity index is 2.11. The largest absolute Gasteiger partial charge is 0.488 e. The predicted octanol–water partition coefficient (Wildman–Crippen LogP) is 2.97. The maximum atomic E-state index is 12.4. The van der Waals surface area contributed by atoms with Crippen LogP contribution in [0.4, 0.5) is 4.79 Å². The van der Waals surface area contributed by atoms with Gasteiger partial charge >= 0.3 is 6.03 Å². The Labute approximate surface area is 144 Å². The number of nitrogens with one attached hydrogen (secondary N) is 2. The first-order chi connectivity index (χ1) is 11.1. The summed E-state index contributed by atoms with van der Waals surface area (Å²) in [5.41, 5.74) is 0.595. The number of hydrogen-bond donors (Lipinski definition) is 2. The van der Waals surface area contributed by atoms with Crippen LogP contribution in [0.5, 0.6) is 5.75 Å². The summed E-state index contributed by atoms with van der Waals surface area (Å²) in [5, 5.41) is 2.63. The highest BCUT2D eigenvalue weighted by molar-refractivity contribution is 7.90. The molecule has 0 saturated heterocycles. The van der Waals surface area contributed by atoms with Crippen molar-refractivity contribution in [2.45, 2.75) is 69.9 Å². The van der Waals surface area contributed by atoms with E-state index >= 15 is 0 Å². The lowest BCUT2D eigenvalue weighted by Gasteiger charge is -2.32. The smallest absolute Gasteiger partial charge is 0.328 e. The third kappa shape index (κ3) is 4.63. The number of sulfonamides is 1. The highest BCUT2D eigenvalue weighted by atomic mass is 32.2. The standard InChI is InChI=1S/C17H26N2O4S/c1-5-6-12(2)18-16(20)19-24(21,22)14-7-8-15-13(11-14)9-10-17(3,4)23-15/h7-8,11-12H,5-6,9-10H2,1-4H3,(H2,18,19,20). The summed E-state index contributed by atoms with van der Waals surface area (Å²) in [5.74, 6) is 0.700. The fraction of sp³-hybridized carbons (Fsp3) is 0.588. The average molecular weight is 354 g/mol. The number of fused-ring (bicyclic) bond motifs is 1. The molecule has 1 aliphatic rings. The molecule has 0 bridgehead atoms. The van der Waals surface area contributed by atoms with E-state index in [4.69, 9.17) is 4.74 Å². The Bertz CT molecular complexity index is 713. The number of hydrogen-bond acceptors (Lipinski definition) is 4. The van der Waals surface area contributed by atoms with E-state index in [2.05, 4.69) is 10.0 Å². The summed E-state index contributed by atoms with van der Waals surface area (Å²) < 4.78 is 32.7. The first kappa shape index (κ1) is 18.6. The average Bonchev–Trinajstić information content (AvgIpc) is 2.45. The van der Waals surface area contributed by atoms with Gasteiger partial charge in [0.05, 0.1) is 4.90 Å². The maximum absolute atomic E-state index is 12.4. The van der Waals surface area contributed by atoms with Crippen molar-refractivity contribution < 1.29 is 17.9 Å². The Hall–Kier alpha value is -1.76. The molecule has 2 N–H and O–H groups in total. The molecule has 6 nitrogen and oxygen atoms in total. The minimum Gasteiger partial charge on any atom is -0.488 e. The normalized spacial score (nSPS) is 17.3. The number of urea groups is 1. The number of amides is 2. The van der Waals surface area contributed by atoms with Crippen molar-refractivity contribution in [3.63, 3.8) is 0 Å². The van der Waals surface area contributed by atoms with Gasteiger partial charge in [-0.05, 0) is 63.8 Å². The number of carbonyl (C=O) groups excluding carboxylic acids is 1. The van der Waals surface area contributed by atoms with E-state index in [1.54, 1.807) is 12.1 Å². The molecule has 1 aromatic rings. The van der Waals surface area contributed by atoms with Crippen LogP contribution in [0.15, 0.2) is 23.1 Å². The zero-order valence-corrected chi connectivity index (χ0v) is 15.5. The number of carbonyl (C=O) groups is 1. The summed E-state index contributed by atoms with van der Waals surface area (Å²) >= 11 is 0. The van der Waals surface area contributed by atoms with E-state index in [1.165, 1.54) is 6.07 Å². The molecule has 7 heteroatoms. The third-order valence-corrected chi connectivity index (χ3v) is 5.38. The van der Waals surface area contributed by atoms with Crippen molar-refractivity contribution >= 4 is 16.1 Å². The van der Waals surface area contributed by atoms with Crippen molar-refractivity contribution in [1.29, 1.82) is 0 Å². The number of ether oxygens (including phenoxy) is 1. The first-order valence-electron chi connectivity index (χ1n) is 8.28. The van der Waals surface area contributed by atoms with E-state index in [-0.39, 0.29) is 16.5 Å². The van der Waals surface area contributed by atoms with Gasteiger partial charge in [0.2, 0.25) is 0 Å². The first-order valence-corrected chi connectivity index (χ1v) is 9.76. The molecule has 1 aromatic carbocycles. The highest BCUT2D eigenvalue weighted by Crippen LogP contribution is 2.34. The number of aryl methyl sites for hydroxylation is 1. The maximum Gasteiger partial charge on any atom is 0.328 e. The second kappa shape index (κ2) is 7.01. The van der Waals surface area contributed by atoms with Crippen LogP contribution in [0.3, 0.4) is 0 Å². The van der Waals surface area contributed by atoms with Gasteiger partial charge in [-0.1, -0.05) is 13.3 Å². The molecule has 134 valence electrons. The van der Waals surface area contributed by atoms with Crippen molar-refractivity contribution in [2.24, 2.45) is 0 Å². The van der Waals surface area contributed by atoms with Crippen LogP contribution < -0.4 is 14.8 Å². The van der Waals surface area contributed by atoms with Crippen molar-refractivity contribution in [3.05, 3.63) is 23.8 Å². The predicted molar refractivity (Wildman–Crippen MR) is 92.7 cm³/mol. The number of rotatable bonds is 5. The summed E-state index contributed by atoms with van der Waals surface area (Å²) in [4.78, 5) is 11.9. The number of benzene rings is 1. The Morgan fingerprint density at radius 3 is 2.75 bits per heavy atom. The van der Waals surface area contributed by atoms with Gasteiger partial charge in [-0.25, -0.2) is 17.9 Å². The molecule has 2 rings (SSSR count). The van der Waals surface area contributed by atoms with Crippen molar-refractivity contribution in [3.8, 4) is 5.75 Å². The van der Waals surface area contributed by atoms with E-state index in [9.17, 15) is 13.2 Å². The quantitative estimate of drug-likeness (QED) is 0.851. The lowest BCUT2D eigenvalue weighted by molar-refractivity contribution is 0.0845. The van der Waals surface area contributed by atoms with Crippen LogP contribution in [-0.2, 0) is 16.4 Å². The van der Waals surface area contributed by atoms with Crippen LogP contribution in [-0.4, -0.2) is 26.1 Å². The van der Waals surface area contributed by atoms with Crippen molar-refractivity contribution in [1.82, 2.24) is 10.0 Å². The third-order valence-electron chi connectivity index (χ3n) is 4.05. The molecular weight excluding hydrogens is 328 g/mol. The molecule has 0 aliphatic carbocycles. The summed E-state index contributed by atoms with van der Waals surface area (Å²) in [6.07, 6.45) is 3.26. The van der Waals surface area contributed by atoms with Gasteiger partial charge in [-0.15, -0.1) is 0 Å². The van der Waals surface area contributed by atoms with Gasteiger partial charge in [0.1, 0.15) is 11.4 Å². The molecule has 0 saturated carbocycles. The Morgan fingerprint density at radius 2 is 2.08 bits per heavy atom. The zero-order chi connectivity index (χ0) is 18.0. The lowest BCUT2D eigenvalue weighted by Crippen LogP contribution is -2.43. The van der Waals surface area contributed by atoms with Gasteiger partial charge in [0, 0.05) is 6.04 Å². The van der Waals surface area contributed by atoms with E-state index < -0.39 is 16.1 Å². The fourth-order valence-electron chi connectivity index (χ4n) is 2.74. The topological polar surface area (TPSA) is 84.5 Å². The lowest BCUT2D eigenvalue weighted by atomic mass is 9.94. The second-order valence-corrected chi connectivity index (χ2v) is 8.58. The molecular formula is C17H26N2O4S. The van der Waals surface area contributed by atoms with E-state index in [1.807, 2.05) is 27.7 Å². The molecule has 2 amide bonds. The highest BCUT2D eigenvalue weighted by Gasteiger charge is 2.28. The molecule has 0 fully saturated rings. The van der Waals surface area contributed by atoms with Gasteiger partial charge in [0.15, 0.2) is 0 Å². The molecule has 1 atom stereocenters. The second-order valence-electron chi connectivity index (χ2n) is 6.90.